The van der Waals surface area contributed by atoms with Gasteiger partial charge in [0.15, 0.2) is 11.6 Å². The summed E-state index contributed by atoms with van der Waals surface area (Å²) >= 11 is 0. The molecule has 0 fully saturated rings. The predicted octanol–water partition coefficient (Wildman–Crippen LogP) is 9.03. The number of hydrogen-bond acceptors (Lipinski definition) is 4. The maximum Gasteiger partial charge on any atom is 0.164 e. The second-order valence-electron chi connectivity index (χ2n) is 10.8. The smallest absolute Gasteiger partial charge is 0.164 e. The molecule has 0 heterocycles. The molecular weight excluding hydrogens is 448 g/mol. The van der Waals surface area contributed by atoms with Crippen LogP contribution in [-0.2, 0) is 31.8 Å². The SMILES string of the molecule is COC(C)(CCCCCCCCCc1ccccc1CCCCCCCCCC(C)(OC)OC)OC. The van der Waals surface area contributed by atoms with E-state index in [4.69, 9.17) is 18.9 Å². The summed E-state index contributed by atoms with van der Waals surface area (Å²) in [5.74, 6) is -0.823. The van der Waals surface area contributed by atoms with Crippen LogP contribution in [0.1, 0.15) is 128 Å². The minimum absolute atomic E-state index is 0.412. The van der Waals surface area contributed by atoms with Crippen molar-refractivity contribution >= 4 is 0 Å². The summed E-state index contributed by atoms with van der Waals surface area (Å²) in [5, 5.41) is 0. The van der Waals surface area contributed by atoms with Gasteiger partial charge in [-0.25, -0.2) is 0 Å². The van der Waals surface area contributed by atoms with E-state index in [2.05, 4.69) is 24.3 Å². The molecule has 4 nitrogen and oxygen atoms in total. The molecule has 4 heteroatoms. The Morgan fingerprint density at radius 1 is 0.444 bits per heavy atom. The van der Waals surface area contributed by atoms with Gasteiger partial charge in [-0.15, -0.1) is 0 Å². The number of benzene rings is 1. The van der Waals surface area contributed by atoms with Gasteiger partial charge in [0, 0.05) is 41.3 Å². The average Bonchev–Trinajstić information content (AvgIpc) is 2.91. The Hall–Kier alpha value is -0.940. The van der Waals surface area contributed by atoms with Gasteiger partial charge in [-0.05, 0) is 63.5 Å². The highest BCUT2D eigenvalue weighted by atomic mass is 16.7. The molecule has 0 aliphatic rings. The van der Waals surface area contributed by atoms with Crippen LogP contribution in [0.3, 0.4) is 0 Å². The van der Waals surface area contributed by atoms with Crippen molar-refractivity contribution in [2.24, 2.45) is 0 Å². The number of rotatable bonds is 24. The van der Waals surface area contributed by atoms with E-state index in [9.17, 15) is 0 Å². The quantitative estimate of drug-likeness (QED) is 0.103. The monoisotopic (exact) mass is 506 g/mol. The second-order valence-corrected chi connectivity index (χ2v) is 10.8. The third kappa shape index (κ3) is 14.7. The van der Waals surface area contributed by atoms with Crippen LogP contribution < -0.4 is 0 Å². The molecule has 0 aromatic heterocycles. The molecule has 0 saturated heterocycles. The molecule has 0 aliphatic heterocycles. The highest BCUT2D eigenvalue weighted by Gasteiger charge is 2.22. The van der Waals surface area contributed by atoms with Crippen LogP contribution in [0.15, 0.2) is 24.3 Å². The Bertz CT molecular complexity index is 582. The zero-order chi connectivity index (χ0) is 26.5. The molecule has 1 aromatic rings. The Kier molecular flexibility index (Phi) is 18.5. The van der Waals surface area contributed by atoms with Gasteiger partial charge >= 0.3 is 0 Å². The lowest BCUT2D eigenvalue weighted by molar-refractivity contribution is -0.198. The van der Waals surface area contributed by atoms with E-state index >= 15 is 0 Å². The van der Waals surface area contributed by atoms with Crippen LogP contribution in [-0.4, -0.2) is 40.0 Å². The third-order valence-electron chi connectivity index (χ3n) is 8.00. The number of unbranched alkanes of at least 4 members (excludes halogenated alkanes) is 12. The van der Waals surface area contributed by atoms with Crippen molar-refractivity contribution < 1.29 is 18.9 Å². The van der Waals surface area contributed by atoms with Gasteiger partial charge in [-0.3, -0.25) is 0 Å². The van der Waals surface area contributed by atoms with E-state index in [0.717, 1.165) is 12.8 Å². The molecule has 0 unspecified atom stereocenters. The Labute approximate surface area is 223 Å². The Morgan fingerprint density at radius 3 is 1.03 bits per heavy atom. The fraction of sp³-hybridized carbons (Fsp3) is 0.812. The number of aryl methyl sites for hydroxylation is 2. The zero-order valence-electron chi connectivity index (χ0n) is 24.7. The average molecular weight is 507 g/mol. The van der Waals surface area contributed by atoms with Crippen LogP contribution >= 0.6 is 0 Å². The third-order valence-corrected chi connectivity index (χ3v) is 8.00. The predicted molar refractivity (Wildman–Crippen MR) is 153 cm³/mol. The molecule has 0 saturated carbocycles. The van der Waals surface area contributed by atoms with Gasteiger partial charge in [0.05, 0.1) is 0 Å². The molecule has 0 atom stereocenters. The van der Waals surface area contributed by atoms with E-state index in [0.29, 0.717) is 0 Å². The van der Waals surface area contributed by atoms with Crippen LogP contribution in [0.4, 0.5) is 0 Å². The van der Waals surface area contributed by atoms with E-state index in [1.165, 1.54) is 103 Å². The van der Waals surface area contributed by atoms with Crippen LogP contribution in [0.25, 0.3) is 0 Å². The molecule has 0 aliphatic carbocycles. The van der Waals surface area contributed by atoms with E-state index in [-0.39, 0.29) is 0 Å². The van der Waals surface area contributed by atoms with E-state index in [1.54, 1.807) is 39.6 Å². The lowest BCUT2D eigenvalue weighted by Gasteiger charge is -2.26. The standard InChI is InChI=1S/C32H58O4/c1-31(33-3,34-4)27-21-15-11-7-9-13-17-23-29-25-19-20-26-30(29)24-18-14-10-8-12-16-22-28-32(2,35-5)36-6/h19-20,25-26H,7-18,21-24,27-28H2,1-6H3. The Balaban J connectivity index is 2.08. The normalized spacial score (nSPS) is 12.4. The highest BCUT2D eigenvalue weighted by Crippen LogP contribution is 2.22. The van der Waals surface area contributed by atoms with Crippen LogP contribution in [0.5, 0.6) is 0 Å². The maximum absolute atomic E-state index is 5.44. The molecule has 0 amide bonds. The van der Waals surface area contributed by atoms with E-state index < -0.39 is 11.6 Å². The summed E-state index contributed by atoms with van der Waals surface area (Å²) < 4.78 is 21.8. The van der Waals surface area contributed by atoms with Crippen LogP contribution in [0, 0.1) is 0 Å². The summed E-state index contributed by atoms with van der Waals surface area (Å²) in [6, 6.07) is 9.13. The van der Waals surface area contributed by atoms with Crippen molar-refractivity contribution in [3.05, 3.63) is 35.4 Å². The summed E-state index contributed by atoms with van der Waals surface area (Å²) in [4.78, 5) is 0. The largest absolute Gasteiger partial charge is 0.353 e. The van der Waals surface area contributed by atoms with Crippen molar-refractivity contribution in [3.8, 4) is 0 Å². The molecule has 210 valence electrons. The fourth-order valence-corrected chi connectivity index (χ4v) is 4.91. The second kappa shape index (κ2) is 20.1. The van der Waals surface area contributed by atoms with Gasteiger partial charge in [0.2, 0.25) is 0 Å². The van der Waals surface area contributed by atoms with E-state index in [1.807, 2.05) is 13.8 Å². The van der Waals surface area contributed by atoms with Gasteiger partial charge in [-0.1, -0.05) is 88.5 Å². The minimum Gasteiger partial charge on any atom is -0.353 e. The first kappa shape index (κ1) is 33.1. The van der Waals surface area contributed by atoms with Gasteiger partial charge in [-0.2, -0.15) is 0 Å². The van der Waals surface area contributed by atoms with Crippen molar-refractivity contribution in [2.45, 2.75) is 141 Å². The summed E-state index contributed by atoms with van der Waals surface area (Å²) in [6.07, 6.45) is 22.6. The molecule has 1 rings (SSSR count). The Morgan fingerprint density at radius 2 is 0.722 bits per heavy atom. The summed E-state index contributed by atoms with van der Waals surface area (Å²) in [6.45, 7) is 4.05. The molecular formula is C32H58O4. The van der Waals surface area contributed by atoms with Crippen molar-refractivity contribution in [1.82, 2.24) is 0 Å². The first-order valence-electron chi connectivity index (χ1n) is 14.7. The van der Waals surface area contributed by atoms with Crippen LogP contribution in [0.2, 0.25) is 0 Å². The van der Waals surface area contributed by atoms with Gasteiger partial charge in [0.25, 0.3) is 0 Å². The lowest BCUT2D eigenvalue weighted by atomic mass is 9.96. The number of hydrogen-bond donors (Lipinski definition) is 0. The van der Waals surface area contributed by atoms with Crippen molar-refractivity contribution in [3.63, 3.8) is 0 Å². The summed E-state index contributed by atoms with van der Waals surface area (Å²) in [5.41, 5.74) is 3.16. The molecule has 0 bridgehead atoms. The molecule has 0 spiro atoms. The van der Waals surface area contributed by atoms with Crippen molar-refractivity contribution in [2.75, 3.05) is 28.4 Å². The topological polar surface area (TPSA) is 36.9 Å². The van der Waals surface area contributed by atoms with Gasteiger partial charge < -0.3 is 18.9 Å². The maximum atomic E-state index is 5.44. The van der Waals surface area contributed by atoms with Gasteiger partial charge in [0.1, 0.15) is 0 Å². The van der Waals surface area contributed by atoms with Crippen molar-refractivity contribution in [1.29, 1.82) is 0 Å². The highest BCUT2D eigenvalue weighted by molar-refractivity contribution is 5.27. The first-order valence-corrected chi connectivity index (χ1v) is 14.7. The molecule has 36 heavy (non-hydrogen) atoms. The zero-order valence-corrected chi connectivity index (χ0v) is 24.7. The number of methoxy groups -OCH3 is 4. The molecule has 1 aromatic carbocycles. The minimum atomic E-state index is -0.412. The first-order chi connectivity index (χ1) is 17.4. The summed E-state index contributed by atoms with van der Waals surface area (Å²) in [7, 11) is 6.92. The lowest BCUT2D eigenvalue weighted by Crippen LogP contribution is -2.29. The molecule has 0 N–H and O–H groups in total. The number of ether oxygens (including phenoxy) is 4. The molecule has 0 radical (unpaired) electrons. The fourth-order valence-electron chi connectivity index (χ4n) is 4.91.